The Bertz CT molecular complexity index is 1180. The molecule has 0 aliphatic rings. The number of anilines is 3. The first-order valence-electron chi connectivity index (χ1n) is 9.45. The van der Waals surface area contributed by atoms with E-state index in [0.717, 1.165) is 12.0 Å². The van der Waals surface area contributed by atoms with Crippen molar-refractivity contribution in [1.82, 2.24) is 4.98 Å². The molecule has 0 radical (unpaired) electrons. The average molecular weight is 451 g/mol. The van der Waals surface area contributed by atoms with Gasteiger partial charge in [0.1, 0.15) is 11.6 Å². The molecule has 8 heteroatoms. The third-order valence-electron chi connectivity index (χ3n) is 4.36. The normalized spacial score (nSPS) is 11.0. The lowest BCUT2D eigenvalue weighted by molar-refractivity contribution is -0.116. The number of rotatable bonds is 6. The van der Waals surface area contributed by atoms with E-state index < -0.39 is 5.91 Å². The van der Waals surface area contributed by atoms with Gasteiger partial charge in [-0.1, -0.05) is 36.7 Å². The number of benzene rings is 2. The molecule has 2 amide bonds. The summed E-state index contributed by atoms with van der Waals surface area (Å²) >= 11 is 7.27. The molecule has 0 atom stereocenters. The minimum absolute atomic E-state index is 0.0893. The van der Waals surface area contributed by atoms with Gasteiger partial charge in [-0.3, -0.25) is 14.5 Å². The molecule has 0 spiro atoms. The van der Waals surface area contributed by atoms with Gasteiger partial charge in [-0.05, 0) is 48.4 Å². The van der Waals surface area contributed by atoms with Gasteiger partial charge >= 0.3 is 0 Å². The van der Waals surface area contributed by atoms with Gasteiger partial charge in [0.05, 0.1) is 11.4 Å². The SMILES string of the molecule is CCc1ccc(NC(=O)/C(C#N)=C/c2csc(N(C(C)=O)c3cccc(Cl)c3)n2)cc1. The Labute approximate surface area is 189 Å². The lowest BCUT2D eigenvalue weighted by atomic mass is 10.1. The number of halogens is 1. The second kappa shape index (κ2) is 10.0. The van der Waals surface area contributed by atoms with Crippen LogP contribution in [0.15, 0.2) is 59.5 Å². The maximum absolute atomic E-state index is 12.5. The first-order chi connectivity index (χ1) is 14.9. The predicted octanol–water partition coefficient (Wildman–Crippen LogP) is 5.59. The van der Waals surface area contributed by atoms with Crippen LogP contribution in [0.1, 0.15) is 25.1 Å². The number of hydrogen-bond donors (Lipinski definition) is 1. The van der Waals surface area contributed by atoms with Gasteiger partial charge in [0.25, 0.3) is 5.91 Å². The van der Waals surface area contributed by atoms with Crippen LogP contribution in [0.2, 0.25) is 5.02 Å². The van der Waals surface area contributed by atoms with Crippen LogP contribution in [-0.2, 0) is 16.0 Å². The number of nitrogens with one attached hydrogen (secondary N) is 1. The molecule has 2 aromatic carbocycles. The molecule has 0 fully saturated rings. The van der Waals surface area contributed by atoms with E-state index in [1.807, 2.05) is 25.1 Å². The molecule has 3 aromatic rings. The van der Waals surface area contributed by atoms with E-state index in [1.165, 1.54) is 29.2 Å². The second-order valence-corrected chi connectivity index (χ2v) is 7.84. The molecule has 0 unspecified atom stereocenters. The summed E-state index contributed by atoms with van der Waals surface area (Å²) in [7, 11) is 0. The van der Waals surface area contributed by atoms with Crippen molar-refractivity contribution in [2.75, 3.05) is 10.2 Å². The van der Waals surface area contributed by atoms with Gasteiger partial charge in [0.15, 0.2) is 5.13 Å². The Balaban J connectivity index is 1.82. The van der Waals surface area contributed by atoms with Crippen LogP contribution in [0, 0.1) is 11.3 Å². The molecule has 1 heterocycles. The topological polar surface area (TPSA) is 86.1 Å². The first-order valence-corrected chi connectivity index (χ1v) is 10.7. The summed E-state index contributed by atoms with van der Waals surface area (Å²) in [4.78, 5) is 30.6. The van der Waals surface area contributed by atoms with Crippen molar-refractivity contribution in [2.24, 2.45) is 0 Å². The van der Waals surface area contributed by atoms with Crippen LogP contribution in [0.3, 0.4) is 0 Å². The first kappa shape index (κ1) is 22.2. The molecule has 0 saturated heterocycles. The van der Waals surface area contributed by atoms with Crippen molar-refractivity contribution < 1.29 is 9.59 Å². The van der Waals surface area contributed by atoms with E-state index in [1.54, 1.807) is 41.8 Å². The summed E-state index contributed by atoms with van der Waals surface area (Å²) in [6.45, 7) is 3.47. The maximum Gasteiger partial charge on any atom is 0.266 e. The number of nitriles is 1. The molecule has 1 aromatic heterocycles. The van der Waals surface area contributed by atoms with E-state index in [0.29, 0.717) is 27.2 Å². The van der Waals surface area contributed by atoms with Crippen LogP contribution in [-0.4, -0.2) is 16.8 Å². The quantitative estimate of drug-likeness (QED) is 0.391. The van der Waals surface area contributed by atoms with Crippen LogP contribution in [0.4, 0.5) is 16.5 Å². The Morgan fingerprint density at radius 2 is 2.00 bits per heavy atom. The molecular formula is C23H19ClN4O2S. The molecule has 0 bridgehead atoms. The summed E-state index contributed by atoms with van der Waals surface area (Å²) in [6.07, 6.45) is 2.29. The van der Waals surface area contributed by atoms with E-state index in [9.17, 15) is 14.9 Å². The third-order valence-corrected chi connectivity index (χ3v) is 5.44. The van der Waals surface area contributed by atoms with Crippen molar-refractivity contribution in [1.29, 1.82) is 5.26 Å². The Morgan fingerprint density at radius 3 is 2.61 bits per heavy atom. The zero-order valence-electron chi connectivity index (χ0n) is 16.9. The predicted molar refractivity (Wildman–Crippen MR) is 124 cm³/mol. The summed E-state index contributed by atoms with van der Waals surface area (Å²) in [5.74, 6) is -0.763. The average Bonchev–Trinajstić information content (AvgIpc) is 3.20. The van der Waals surface area contributed by atoms with E-state index >= 15 is 0 Å². The molecule has 6 nitrogen and oxygen atoms in total. The van der Waals surface area contributed by atoms with E-state index in [4.69, 9.17) is 11.6 Å². The van der Waals surface area contributed by atoms with Crippen LogP contribution in [0.25, 0.3) is 6.08 Å². The third kappa shape index (κ3) is 5.57. The van der Waals surface area contributed by atoms with Gasteiger partial charge < -0.3 is 5.32 Å². The molecular weight excluding hydrogens is 432 g/mol. The molecule has 0 aliphatic carbocycles. The number of carbonyl (C=O) groups excluding carboxylic acids is 2. The fourth-order valence-electron chi connectivity index (χ4n) is 2.81. The number of aromatic nitrogens is 1. The van der Waals surface area contributed by atoms with Crippen LogP contribution >= 0.6 is 22.9 Å². The van der Waals surface area contributed by atoms with Gasteiger partial charge in [-0.15, -0.1) is 11.3 Å². The van der Waals surface area contributed by atoms with Crippen molar-refractivity contribution in [3.63, 3.8) is 0 Å². The number of thiazole rings is 1. The largest absolute Gasteiger partial charge is 0.321 e. The minimum Gasteiger partial charge on any atom is -0.321 e. The summed E-state index contributed by atoms with van der Waals surface area (Å²) < 4.78 is 0. The van der Waals surface area contributed by atoms with Gasteiger partial charge in [0.2, 0.25) is 5.91 Å². The molecule has 3 rings (SSSR count). The highest BCUT2D eigenvalue weighted by molar-refractivity contribution is 7.14. The van der Waals surface area contributed by atoms with Crippen LogP contribution < -0.4 is 10.2 Å². The van der Waals surface area contributed by atoms with Crippen molar-refractivity contribution >= 4 is 57.3 Å². The minimum atomic E-state index is -0.528. The number of nitrogens with zero attached hydrogens (tertiary/aromatic N) is 3. The molecule has 1 N–H and O–H groups in total. The molecule has 0 saturated carbocycles. The second-order valence-electron chi connectivity index (χ2n) is 6.56. The highest BCUT2D eigenvalue weighted by atomic mass is 35.5. The zero-order chi connectivity index (χ0) is 22.4. The van der Waals surface area contributed by atoms with Crippen LogP contribution in [0.5, 0.6) is 0 Å². The highest BCUT2D eigenvalue weighted by Gasteiger charge is 2.18. The van der Waals surface area contributed by atoms with Crippen molar-refractivity contribution in [3.05, 3.63) is 75.8 Å². The zero-order valence-corrected chi connectivity index (χ0v) is 18.5. The number of aryl methyl sites for hydroxylation is 1. The lowest BCUT2D eigenvalue weighted by Crippen LogP contribution is -2.22. The monoisotopic (exact) mass is 450 g/mol. The number of hydrogen-bond acceptors (Lipinski definition) is 5. The van der Waals surface area contributed by atoms with Crippen molar-refractivity contribution in [3.8, 4) is 6.07 Å². The van der Waals surface area contributed by atoms with Gasteiger partial charge in [-0.2, -0.15) is 5.26 Å². The standard InChI is InChI=1S/C23H19ClN4O2S/c1-3-16-7-9-19(10-8-16)26-22(30)17(13-25)11-20-14-31-23(27-20)28(15(2)29)21-6-4-5-18(24)12-21/h4-12,14H,3H2,1-2H3,(H,26,30)/b17-11+. The Morgan fingerprint density at radius 1 is 1.26 bits per heavy atom. The smallest absolute Gasteiger partial charge is 0.266 e. The molecule has 31 heavy (non-hydrogen) atoms. The van der Waals surface area contributed by atoms with Crippen molar-refractivity contribution in [2.45, 2.75) is 20.3 Å². The highest BCUT2D eigenvalue weighted by Crippen LogP contribution is 2.31. The Kier molecular flexibility index (Phi) is 7.19. The summed E-state index contributed by atoms with van der Waals surface area (Å²) in [5.41, 5.74) is 2.65. The fourth-order valence-corrected chi connectivity index (χ4v) is 3.83. The maximum atomic E-state index is 12.5. The van der Waals surface area contributed by atoms with Gasteiger partial charge in [-0.25, -0.2) is 4.98 Å². The van der Waals surface area contributed by atoms with Gasteiger partial charge in [0, 0.05) is 23.0 Å². The summed E-state index contributed by atoms with van der Waals surface area (Å²) in [5, 5.41) is 14.7. The molecule has 0 aliphatic heterocycles. The lowest BCUT2D eigenvalue weighted by Gasteiger charge is -2.18. The fraction of sp³-hybridized carbons (Fsp3) is 0.130. The number of carbonyl (C=O) groups is 2. The Hall–Kier alpha value is -3.47. The number of amides is 2. The van der Waals surface area contributed by atoms with E-state index in [-0.39, 0.29) is 11.5 Å². The van der Waals surface area contributed by atoms with E-state index in [2.05, 4.69) is 10.3 Å². The molecule has 156 valence electrons. The summed E-state index contributed by atoms with van der Waals surface area (Å²) in [6, 6.07) is 16.2.